The smallest absolute Gasteiger partial charge is 0.389 e. The molecule has 0 aliphatic heterocycles. The molecule has 0 saturated carbocycles. The molecular weight excluding hydrogens is 227 g/mol. The second-order valence-corrected chi connectivity index (χ2v) is 3.53. The minimum absolute atomic E-state index is 0.0333. The Labute approximate surface area is 91.5 Å². The molecular formula is C9H16F3NO3. The van der Waals surface area contributed by atoms with Crippen LogP contribution in [0.1, 0.15) is 25.7 Å². The zero-order valence-electron chi connectivity index (χ0n) is 8.76. The molecule has 0 aromatic carbocycles. The first-order valence-electron chi connectivity index (χ1n) is 4.98. The highest BCUT2D eigenvalue weighted by Crippen LogP contribution is 2.21. The minimum Gasteiger partial charge on any atom is -0.481 e. The van der Waals surface area contributed by atoms with Gasteiger partial charge < -0.3 is 15.5 Å². The molecule has 0 spiro atoms. The maximum atomic E-state index is 11.7. The van der Waals surface area contributed by atoms with E-state index in [-0.39, 0.29) is 19.4 Å². The van der Waals surface area contributed by atoms with Crippen LogP contribution < -0.4 is 5.32 Å². The van der Waals surface area contributed by atoms with Crippen molar-refractivity contribution in [2.45, 2.75) is 38.0 Å². The van der Waals surface area contributed by atoms with Gasteiger partial charge in [-0.25, -0.2) is 0 Å². The molecule has 0 aromatic heterocycles. The van der Waals surface area contributed by atoms with Crippen LogP contribution in [0.2, 0.25) is 0 Å². The second-order valence-electron chi connectivity index (χ2n) is 3.53. The van der Waals surface area contributed by atoms with Crippen LogP contribution in [0.5, 0.6) is 0 Å². The molecule has 3 N–H and O–H groups in total. The molecule has 0 rings (SSSR count). The van der Waals surface area contributed by atoms with Crippen molar-refractivity contribution in [1.29, 1.82) is 0 Å². The van der Waals surface area contributed by atoms with Crippen molar-refractivity contribution in [3.63, 3.8) is 0 Å². The van der Waals surface area contributed by atoms with E-state index >= 15 is 0 Å². The Morgan fingerprint density at radius 3 is 2.44 bits per heavy atom. The van der Waals surface area contributed by atoms with Gasteiger partial charge in [0.2, 0.25) is 0 Å². The third kappa shape index (κ3) is 11.3. The van der Waals surface area contributed by atoms with Crippen LogP contribution in [-0.2, 0) is 4.79 Å². The van der Waals surface area contributed by atoms with E-state index in [0.29, 0.717) is 13.0 Å². The van der Waals surface area contributed by atoms with E-state index in [9.17, 15) is 18.0 Å². The zero-order valence-corrected chi connectivity index (χ0v) is 8.76. The van der Waals surface area contributed by atoms with Crippen LogP contribution in [0.25, 0.3) is 0 Å². The van der Waals surface area contributed by atoms with E-state index < -0.39 is 24.7 Å². The van der Waals surface area contributed by atoms with Crippen molar-refractivity contribution in [2.24, 2.45) is 0 Å². The Bertz CT molecular complexity index is 209. The largest absolute Gasteiger partial charge is 0.481 e. The van der Waals surface area contributed by atoms with Crippen molar-refractivity contribution in [1.82, 2.24) is 5.32 Å². The van der Waals surface area contributed by atoms with Crippen LogP contribution in [0, 0.1) is 0 Å². The SMILES string of the molecule is O=C(O)CC(O)CNCCCCC(F)(F)F. The summed E-state index contributed by atoms with van der Waals surface area (Å²) in [6, 6.07) is 0. The second kappa shape index (κ2) is 7.45. The lowest BCUT2D eigenvalue weighted by Gasteiger charge is -2.10. The number of hydrogen-bond acceptors (Lipinski definition) is 3. The Morgan fingerprint density at radius 2 is 1.94 bits per heavy atom. The van der Waals surface area contributed by atoms with Gasteiger partial charge in [-0.1, -0.05) is 0 Å². The number of carboxylic acid groups (broad SMARTS) is 1. The van der Waals surface area contributed by atoms with Crippen molar-refractivity contribution >= 4 is 5.97 Å². The van der Waals surface area contributed by atoms with Crippen molar-refractivity contribution in [3.8, 4) is 0 Å². The topological polar surface area (TPSA) is 69.6 Å². The molecule has 0 radical (unpaired) electrons. The number of aliphatic hydroxyl groups is 1. The summed E-state index contributed by atoms with van der Waals surface area (Å²) in [5, 5.41) is 20.1. The molecule has 0 heterocycles. The molecule has 0 saturated heterocycles. The third-order valence-corrected chi connectivity index (χ3v) is 1.85. The van der Waals surface area contributed by atoms with Crippen LogP contribution in [0.15, 0.2) is 0 Å². The van der Waals surface area contributed by atoms with Crippen LogP contribution in [0.4, 0.5) is 13.2 Å². The predicted molar refractivity (Wildman–Crippen MR) is 51.0 cm³/mol. The van der Waals surface area contributed by atoms with E-state index in [1.165, 1.54) is 0 Å². The molecule has 0 aliphatic carbocycles. The summed E-state index contributed by atoms with van der Waals surface area (Å²) in [6.07, 6.45) is -5.92. The van der Waals surface area contributed by atoms with Gasteiger partial charge in [0, 0.05) is 13.0 Å². The first-order valence-corrected chi connectivity index (χ1v) is 4.98. The minimum atomic E-state index is -4.12. The maximum Gasteiger partial charge on any atom is 0.389 e. The van der Waals surface area contributed by atoms with Gasteiger partial charge in [0.25, 0.3) is 0 Å². The normalized spacial score (nSPS) is 13.8. The number of hydrogen-bond donors (Lipinski definition) is 3. The summed E-state index contributed by atoms with van der Waals surface area (Å²) >= 11 is 0. The molecule has 0 fully saturated rings. The summed E-state index contributed by atoms with van der Waals surface area (Å²) in [4.78, 5) is 10.1. The van der Waals surface area contributed by atoms with E-state index in [1.807, 2.05) is 0 Å². The number of carboxylic acids is 1. The lowest BCUT2D eigenvalue weighted by atomic mass is 10.2. The predicted octanol–water partition coefficient (Wildman–Crippen LogP) is 1.14. The monoisotopic (exact) mass is 243 g/mol. The summed E-state index contributed by atoms with van der Waals surface area (Å²) < 4.78 is 35.1. The van der Waals surface area contributed by atoms with Gasteiger partial charge >= 0.3 is 12.1 Å². The quantitative estimate of drug-likeness (QED) is 0.559. The molecule has 1 unspecified atom stereocenters. The van der Waals surface area contributed by atoms with E-state index in [2.05, 4.69) is 5.32 Å². The maximum absolute atomic E-state index is 11.7. The summed E-state index contributed by atoms with van der Waals surface area (Å²) in [6.45, 7) is 0.422. The average molecular weight is 243 g/mol. The zero-order chi connectivity index (χ0) is 12.6. The number of aliphatic hydroxyl groups excluding tert-OH is 1. The molecule has 16 heavy (non-hydrogen) atoms. The molecule has 0 aromatic rings. The van der Waals surface area contributed by atoms with Crippen LogP contribution >= 0.6 is 0 Å². The number of unbranched alkanes of at least 4 members (excludes halogenated alkanes) is 1. The van der Waals surface area contributed by atoms with Gasteiger partial charge in [-0.05, 0) is 19.4 Å². The molecule has 0 aliphatic rings. The van der Waals surface area contributed by atoms with Crippen LogP contribution in [-0.4, -0.2) is 41.6 Å². The number of carbonyl (C=O) groups is 1. The number of alkyl halides is 3. The van der Waals surface area contributed by atoms with Gasteiger partial charge in [0.15, 0.2) is 0 Å². The fourth-order valence-corrected chi connectivity index (χ4v) is 1.12. The highest BCUT2D eigenvalue weighted by molar-refractivity contribution is 5.67. The van der Waals surface area contributed by atoms with Crippen LogP contribution in [0.3, 0.4) is 0 Å². The highest BCUT2D eigenvalue weighted by Gasteiger charge is 2.25. The summed E-state index contributed by atoms with van der Waals surface area (Å²) in [7, 11) is 0. The van der Waals surface area contributed by atoms with Gasteiger partial charge in [0.05, 0.1) is 12.5 Å². The Hall–Kier alpha value is -0.820. The molecule has 4 nitrogen and oxygen atoms in total. The van der Waals surface area contributed by atoms with Crippen molar-refractivity contribution in [2.75, 3.05) is 13.1 Å². The molecule has 96 valence electrons. The average Bonchev–Trinajstić information content (AvgIpc) is 2.07. The Kier molecular flexibility index (Phi) is 7.07. The fourth-order valence-electron chi connectivity index (χ4n) is 1.12. The van der Waals surface area contributed by atoms with Gasteiger partial charge in [0.1, 0.15) is 0 Å². The summed E-state index contributed by atoms with van der Waals surface area (Å²) in [5.74, 6) is -1.11. The Balaban J connectivity index is 3.30. The van der Waals surface area contributed by atoms with Gasteiger partial charge in [-0.15, -0.1) is 0 Å². The first kappa shape index (κ1) is 15.2. The number of rotatable bonds is 8. The molecule has 7 heteroatoms. The lowest BCUT2D eigenvalue weighted by Crippen LogP contribution is -2.29. The van der Waals surface area contributed by atoms with Crippen molar-refractivity contribution in [3.05, 3.63) is 0 Å². The standard InChI is InChI=1S/C9H16F3NO3/c10-9(11,12)3-1-2-4-13-6-7(14)5-8(15)16/h7,13-14H,1-6H2,(H,15,16). The number of halogens is 3. The van der Waals surface area contributed by atoms with E-state index in [4.69, 9.17) is 10.2 Å². The van der Waals surface area contributed by atoms with E-state index in [1.54, 1.807) is 0 Å². The number of nitrogens with one attached hydrogen (secondary N) is 1. The van der Waals surface area contributed by atoms with Crippen molar-refractivity contribution < 1.29 is 28.2 Å². The fraction of sp³-hybridized carbons (Fsp3) is 0.889. The highest BCUT2D eigenvalue weighted by atomic mass is 19.4. The lowest BCUT2D eigenvalue weighted by molar-refractivity contribution is -0.139. The van der Waals surface area contributed by atoms with Gasteiger partial charge in [-0.2, -0.15) is 13.2 Å². The van der Waals surface area contributed by atoms with Gasteiger partial charge in [-0.3, -0.25) is 4.79 Å². The first-order chi connectivity index (χ1) is 7.31. The van der Waals surface area contributed by atoms with E-state index in [0.717, 1.165) is 0 Å². The molecule has 1 atom stereocenters. The third-order valence-electron chi connectivity index (χ3n) is 1.85. The molecule has 0 amide bonds. The molecule has 0 bridgehead atoms. The Morgan fingerprint density at radius 1 is 1.31 bits per heavy atom. The number of aliphatic carboxylic acids is 1. The summed E-state index contributed by atoms with van der Waals surface area (Å²) in [5.41, 5.74) is 0.